The molecule has 2 aliphatic heterocycles. The maximum atomic E-state index is 14.1. The maximum Gasteiger partial charge on any atom is 0.338 e. The first-order valence-corrected chi connectivity index (χ1v) is 13.9. The predicted molar refractivity (Wildman–Crippen MR) is 149 cm³/mol. The number of hydrogen-bond donors (Lipinski definition) is 1. The van der Waals surface area contributed by atoms with E-state index in [1.54, 1.807) is 20.1 Å². The van der Waals surface area contributed by atoms with Crippen LogP contribution in [0.5, 0.6) is 5.75 Å². The second kappa shape index (κ2) is 10.3. The molecule has 0 spiro atoms. The van der Waals surface area contributed by atoms with Crippen LogP contribution in [0.4, 0.5) is 5.69 Å². The summed E-state index contributed by atoms with van der Waals surface area (Å²) in [6.45, 7) is 5.87. The molecule has 2 aromatic carbocycles. The van der Waals surface area contributed by atoms with Crippen molar-refractivity contribution >= 4 is 50.4 Å². The molecular formula is C28H26BrN3O5S. The number of carbonyl (C=O) groups excluding carboxylic acids is 2. The number of fused-ring (bicyclic) bond motifs is 2. The molecule has 1 amide bonds. The SMILES string of the molecule is CCCC1=C(C(=O)OCC)[C@H](c2ccc(OC)c(Br)c2)n2c(s/c(=C3\C(=O)Nc4ccc(C)cc43)c2=O)=N1. The number of allylic oxidation sites excluding steroid dienone is 1. The number of nitrogens with one attached hydrogen (secondary N) is 1. The van der Waals surface area contributed by atoms with Gasteiger partial charge in [0, 0.05) is 11.3 Å². The molecular weight excluding hydrogens is 570 g/mol. The molecule has 0 radical (unpaired) electrons. The summed E-state index contributed by atoms with van der Waals surface area (Å²) in [7, 11) is 1.57. The molecule has 3 heterocycles. The van der Waals surface area contributed by atoms with Gasteiger partial charge in [-0.05, 0) is 66.0 Å². The average molecular weight is 597 g/mol. The fourth-order valence-corrected chi connectivity index (χ4v) is 6.52. The number of rotatable bonds is 6. The zero-order chi connectivity index (χ0) is 27.1. The number of aromatic nitrogens is 1. The van der Waals surface area contributed by atoms with Crippen LogP contribution in [0, 0.1) is 6.92 Å². The van der Waals surface area contributed by atoms with Crippen LogP contribution in [0.1, 0.15) is 49.4 Å². The Hall–Kier alpha value is -3.50. The van der Waals surface area contributed by atoms with Crippen LogP contribution in [-0.2, 0) is 14.3 Å². The number of methoxy groups -OCH3 is 1. The Balaban J connectivity index is 1.85. The lowest BCUT2D eigenvalue weighted by molar-refractivity contribution is -0.139. The molecule has 196 valence electrons. The van der Waals surface area contributed by atoms with Crippen molar-refractivity contribution in [3.8, 4) is 5.75 Å². The summed E-state index contributed by atoms with van der Waals surface area (Å²) in [5, 5.41) is 2.86. The number of esters is 1. The molecule has 0 unspecified atom stereocenters. The van der Waals surface area contributed by atoms with Gasteiger partial charge in [0.05, 0.1) is 41.1 Å². The average Bonchev–Trinajstić information content (AvgIpc) is 3.38. The molecule has 10 heteroatoms. The lowest BCUT2D eigenvalue weighted by atomic mass is 9.94. The third-order valence-electron chi connectivity index (χ3n) is 6.51. The summed E-state index contributed by atoms with van der Waals surface area (Å²) in [5.41, 5.74) is 3.84. The van der Waals surface area contributed by atoms with E-state index in [2.05, 4.69) is 21.2 Å². The number of amides is 1. The monoisotopic (exact) mass is 595 g/mol. The molecule has 0 bridgehead atoms. The summed E-state index contributed by atoms with van der Waals surface area (Å²) < 4.78 is 13.3. The Morgan fingerprint density at radius 3 is 2.66 bits per heavy atom. The number of benzene rings is 2. The topological polar surface area (TPSA) is 99.0 Å². The van der Waals surface area contributed by atoms with Gasteiger partial charge in [0.2, 0.25) is 0 Å². The highest BCUT2D eigenvalue weighted by Crippen LogP contribution is 2.36. The molecule has 8 nitrogen and oxygen atoms in total. The minimum atomic E-state index is -0.787. The van der Waals surface area contributed by atoms with Gasteiger partial charge in [-0.25, -0.2) is 9.79 Å². The first kappa shape index (κ1) is 26.1. The Kier molecular flexibility index (Phi) is 7.11. The molecule has 1 N–H and O–H groups in total. The van der Waals surface area contributed by atoms with Crippen molar-refractivity contribution in [2.24, 2.45) is 4.99 Å². The van der Waals surface area contributed by atoms with Crippen LogP contribution >= 0.6 is 27.3 Å². The van der Waals surface area contributed by atoms with E-state index in [9.17, 15) is 14.4 Å². The van der Waals surface area contributed by atoms with Crippen molar-refractivity contribution in [1.29, 1.82) is 0 Å². The number of thiazole rings is 1. The van der Waals surface area contributed by atoms with Crippen molar-refractivity contribution in [3.63, 3.8) is 0 Å². The van der Waals surface area contributed by atoms with Crippen LogP contribution in [0.25, 0.3) is 5.57 Å². The Morgan fingerprint density at radius 1 is 1.18 bits per heavy atom. The van der Waals surface area contributed by atoms with Crippen molar-refractivity contribution in [2.75, 3.05) is 19.0 Å². The summed E-state index contributed by atoms with van der Waals surface area (Å²) in [4.78, 5) is 45.8. The summed E-state index contributed by atoms with van der Waals surface area (Å²) >= 11 is 4.70. The number of nitrogens with zero attached hydrogens (tertiary/aromatic N) is 2. The second-order valence-corrected chi connectivity index (χ2v) is 10.8. The van der Waals surface area contributed by atoms with E-state index in [0.29, 0.717) is 55.1 Å². The smallest absolute Gasteiger partial charge is 0.338 e. The van der Waals surface area contributed by atoms with Crippen molar-refractivity contribution in [3.05, 3.63) is 88.5 Å². The Labute approximate surface area is 231 Å². The zero-order valence-corrected chi connectivity index (χ0v) is 23.8. The number of halogens is 1. The van der Waals surface area contributed by atoms with Gasteiger partial charge in [-0.2, -0.15) is 0 Å². The highest BCUT2D eigenvalue weighted by Gasteiger charge is 2.36. The second-order valence-electron chi connectivity index (χ2n) is 9.01. The van der Waals surface area contributed by atoms with E-state index in [1.165, 1.54) is 4.57 Å². The highest BCUT2D eigenvalue weighted by atomic mass is 79.9. The molecule has 38 heavy (non-hydrogen) atoms. The molecule has 1 atom stereocenters. The largest absolute Gasteiger partial charge is 0.496 e. The summed E-state index contributed by atoms with van der Waals surface area (Å²) in [6, 6.07) is 10.3. The highest BCUT2D eigenvalue weighted by molar-refractivity contribution is 9.10. The third kappa shape index (κ3) is 4.31. The lowest BCUT2D eigenvalue weighted by Gasteiger charge is -2.26. The number of aryl methyl sites for hydroxylation is 1. The third-order valence-corrected chi connectivity index (χ3v) is 8.18. The molecule has 0 saturated carbocycles. The van der Waals surface area contributed by atoms with E-state index in [-0.39, 0.29) is 22.6 Å². The minimum absolute atomic E-state index is 0.186. The molecule has 0 fully saturated rings. The van der Waals surface area contributed by atoms with E-state index >= 15 is 0 Å². The Bertz CT molecular complexity index is 1700. The first-order valence-electron chi connectivity index (χ1n) is 12.3. The standard InChI is InChI=1S/C28H26BrN3O5S/c1-5-7-19-22(27(35)37-6-2)23(15-9-11-20(36-4)17(29)13-15)32-26(34)24(38-28(32)31-19)21-16-12-14(3)8-10-18(16)30-25(21)33/h8-13,23H,5-7H2,1-4H3,(H,30,33)/b24-21-/t23-/m0/s1. The number of carbonyl (C=O) groups is 2. The molecule has 1 aromatic heterocycles. The van der Waals surface area contributed by atoms with Crippen molar-refractivity contribution < 1.29 is 19.1 Å². The molecule has 5 rings (SSSR count). The van der Waals surface area contributed by atoms with Gasteiger partial charge in [0.1, 0.15) is 10.3 Å². The predicted octanol–water partition coefficient (Wildman–Crippen LogP) is 3.98. The number of hydrogen-bond acceptors (Lipinski definition) is 7. The van der Waals surface area contributed by atoms with Gasteiger partial charge in [-0.3, -0.25) is 14.2 Å². The van der Waals surface area contributed by atoms with E-state index < -0.39 is 12.0 Å². The van der Waals surface area contributed by atoms with Crippen LogP contribution in [0.15, 0.2) is 61.9 Å². The van der Waals surface area contributed by atoms with Gasteiger partial charge in [0.25, 0.3) is 11.5 Å². The number of anilines is 1. The van der Waals surface area contributed by atoms with Gasteiger partial charge in [-0.1, -0.05) is 42.4 Å². The number of ether oxygens (including phenoxy) is 2. The van der Waals surface area contributed by atoms with E-state index in [1.807, 2.05) is 44.2 Å². The normalized spacial score (nSPS) is 17.5. The molecule has 3 aromatic rings. The van der Waals surface area contributed by atoms with E-state index in [0.717, 1.165) is 23.3 Å². The molecule has 0 aliphatic carbocycles. The van der Waals surface area contributed by atoms with Gasteiger partial charge < -0.3 is 14.8 Å². The van der Waals surface area contributed by atoms with Gasteiger partial charge >= 0.3 is 5.97 Å². The summed E-state index contributed by atoms with van der Waals surface area (Å²) in [6.07, 6.45) is 1.28. The zero-order valence-electron chi connectivity index (χ0n) is 21.4. The fraction of sp³-hybridized carbons (Fsp3) is 0.286. The molecule has 0 saturated heterocycles. The van der Waals surface area contributed by atoms with Crippen LogP contribution < -0.4 is 24.9 Å². The van der Waals surface area contributed by atoms with Crippen molar-refractivity contribution in [2.45, 2.75) is 39.7 Å². The minimum Gasteiger partial charge on any atom is -0.496 e. The van der Waals surface area contributed by atoms with Crippen molar-refractivity contribution in [1.82, 2.24) is 4.57 Å². The van der Waals surface area contributed by atoms with Gasteiger partial charge in [0.15, 0.2) is 4.80 Å². The fourth-order valence-electron chi connectivity index (χ4n) is 4.85. The van der Waals surface area contributed by atoms with Crippen LogP contribution in [0.2, 0.25) is 0 Å². The maximum absolute atomic E-state index is 14.1. The Morgan fingerprint density at radius 2 is 1.97 bits per heavy atom. The van der Waals surface area contributed by atoms with Crippen LogP contribution in [-0.4, -0.2) is 30.2 Å². The molecule has 2 aliphatic rings. The first-order chi connectivity index (χ1) is 18.3. The van der Waals surface area contributed by atoms with Gasteiger partial charge in [-0.15, -0.1) is 0 Å². The lowest BCUT2D eigenvalue weighted by Crippen LogP contribution is -2.40. The quantitative estimate of drug-likeness (QED) is 0.435. The van der Waals surface area contributed by atoms with Crippen LogP contribution in [0.3, 0.4) is 0 Å². The van der Waals surface area contributed by atoms with E-state index in [4.69, 9.17) is 14.5 Å². The summed E-state index contributed by atoms with van der Waals surface area (Å²) in [5.74, 6) is -0.236.